The Kier molecular flexibility index (Phi) is 5.61. The Bertz CT molecular complexity index is 638. The van der Waals surface area contributed by atoms with E-state index in [0.717, 1.165) is 38.2 Å². The number of hydrogen-bond acceptors (Lipinski definition) is 4. The maximum atomic E-state index is 12.1. The molecule has 1 unspecified atom stereocenters. The zero-order valence-electron chi connectivity index (χ0n) is 13.9. The fraction of sp³-hybridized carbons (Fsp3) is 0.444. The number of likely N-dealkylation sites (tertiary alicyclic amines) is 1. The molecule has 1 saturated heterocycles. The van der Waals surface area contributed by atoms with Crippen molar-refractivity contribution in [1.29, 1.82) is 0 Å². The molecule has 1 aromatic carbocycles. The number of aromatic nitrogens is 2. The van der Waals surface area contributed by atoms with Crippen LogP contribution in [0.2, 0.25) is 0 Å². The third-order valence-electron chi connectivity index (χ3n) is 4.43. The first-order chi connectivity index (χ1) is 11.8. The van der Waals surface area contributed by atoms with Gasteiger partial charge in [-0.05, 0) is 43.1 Å². The van der Waals surface area contributed by atoms with Gasteiger partial charge in [-0.2, -0.15) is 5.10 Å². The lowest BCUT2D eigenvalue weighted by Gasteiger charge is -2.32. The van der Waals surface area contributed by atoms with Gasteiger partial charge in [0, 0.05) is 38.6 Å². The minimum Gasteiger partial charge on any atom is -0.355 e. The van der Waals surface area contributed by atoms with Gasteiger partial charge in [-0.1, -0.05) is 12.1 Å². The van der Waals surface area contributed by atoms with Crippen LogP contribution in [0.3, 0.4) is 0 Å². The summed E-state index contributed by atoms with van der Waals surface area (Å²) in [4.78, 5) is 14.5. The third kappa shape index (κ3) is 4.21. The first-order valence-electron chi connectivity index (χ1n) is 8.55. The maximum absolute atomic E-state index is 12.1. The highest BCUT2D eigenvalue weighted by molar-refractivity contribution is 5.78. The molecule has 24 heavy (non-hydrogen) atoms. The Labute approximate surface area is 142 Å². The van der Waals surface area contributed by atoms with Crippen LogP contribution in [0.25, 0.3) is 5.69 Å². The number of carbonyl (C=O) groups excluding carboxylic acids is 1. The molecule has 0 spiro atoms. The minimum absolute atomic E-state index is 0.0775. The summed E-state index contributed by atoms with van der Waals surface area (Å²) in [6.45, 7) is 3.79. The van der Waals surface area contributed by atoms with E-state index in [1.807, 2.05) is 16.9 Å². The minimum atomic E-state index is 0.0775. The van der Waals surface area contributed by atoms with Crippen LogP contribution in [0.4, 0.5) is 0 Å². The molecule has 3 N–H and O–H groups in total. The monoisotopic (exact) mass is 327 g/mol. The lowest BCUT2D eigenvalue weighted by molar-refractivity contribution is -0.126. The molecule has 0 bridgehead atoms. The lowest BCUT2D eigenvalue weighted by atomic mass is 9.96. The molecule has 1 aromatic heterocycles. The highest BCUT2D eigenvalue weighted by Crippen LogP contribution is 2.19. The van der Waals surface area contributed by atoms with Crippen LogP contribution >= 0.6 is 0 Å². The van der Waals surface area contributed by atoms with Crippen LogP contribution in [-0.2, 0) is 11.3 Å². The highest BCUT2D eigenvalue weighted by atomic mass is 16.1. The largest absolute Gasteiger partial charge is 0.355 e. The second-order valence-corrected chi connectivity index (χ2v) is 6.27. The number of nitrogens with one attached hydrogen (secondary N) is 1. The van der Waals surface area contributed by atoms with E-state index < -0.39 is 0 Å². The van der Waals surface area contributed by atoms with E-state index in [1.165, 1.54) is 5.56 Å². The number of hydrogen-bond donors (Lipinski definition) is 2. The second kappa shape index (κ2) is 8.08. The number of benzene rings is 1. The Balaban J connectivity index is 1.56. The molecule has 0 saturated carbocycles. The highest BCUT2D eigenvalue weighted by Gasteiger charge is 2.25. The summed E-state index contributed by atoms with van der Waals surface area (Å²) >= 11 is 0. The Hall–Kier alpha value is -2.18. The number of piperidine rings is 1. The van der Waals surface area contributed by atoms with Gasteiger partial charge in [0.15, 0.2) is 0 Å². The van der Waals surface area contributed by atoms with E-state index in [2.05, 4.69) is 39.6 Å². The summed E-state index contributed by atoms with van der Waals surface area (Å²) in [6.07, 6.45) is 5.74. The number of nitrogens with zero attached hydrogens (tertiary/aromatic N) is 3. The predicted molar refractivity (Wildman–Crippen MR) is 93.6 cm³/mol. The normalized spacial score (nSPS) is 18.5. The first kappa shape index (κ1) is 16.7. The molecule has 128 valence electrons. The smallest absolute Gasteiger partial charge is 0.224 e. The number of rotatable bonds is 6. The Morgan fingerprint density at radius 3 is 2.88 bits per heavy atom. The predicted octanol–water partition coefficient (Wildman–Crippen LogP) is 1.16. The van der Waals surface area contributed by atoms with E-state index in [0.29, 0.717) is 13.1 Å². The average molecular weight is 327 g/mol. The molecular weight excluding hydrogens is 302 g/mol. The van der Waals surface area contributed by atoms with Crippen LogP contribution in [0.15, 0.2) is 42.7 Å². The summed E-state index contributed by atoms with van der Waals surface area (Å²) in [5.74, 6) is 0.216. The molecule has 1 amide bonds. The zero-order valence-corrected chi connectivity index (χ0v) is 13.9. The van der Waals surface area contributed by atoms with Crippen LogP contribution in [0.5, 0.6) is 0 Å². The van der Waals surface area contributed by atoms with Crippen molar-refractivity contribution in [2.24, 2.45) is 11.7 Å². The van der Waals surface area contributed by atoms with Crippen molar-refractivity contribution in [3.63, 3.8) is 0 Å². The van der Waals surface area contributed by atoms with Gasteiger partial charge in [0.05, 0.1) is 11.6 Å². The van der Waals surface area contributed by atoms with E-state index in [1.54, 1.807) is 6.20 Å². The van der Waals surface area contributed by atoms with E-state index >= 15 is 0 Å². The zero-order chi connectivity index (χ0) is 16.8. The van der Waals surface area contributed by atoms with Crippen LogP contribution in [-0.4, -0.2) is 46.8 Å². The van der Waals surface area contributed by atoms with E-state index in [9.17, 15) is 4.79 Å². The fourth-order valence-corrected chi connectivity index (χ4v) is 3.19. The Morgan fingerprint density at radius 2 is 2.17 bits per heavy atom. The van der Waals surface area contributed by atoms with Crippen molar-refractivity contribution >= 4 is 5.91 Å². The molecule has 2 heterocycles. The maximum Gasteiger partial charge on any atom is 0.224 e. The van der Waals surface area contributed by atoms with E-state index in [-0.39, 0.29) is 11.8 Å². The second-order valence-electron chi connectivity index (χ2n) is 6.27. The molecule has 1 aliphatic heterocycles. The fourth-order valence-electron chi connectivity index (χ4n) is 3.19. The summed E-state index contributed by atoms with van der Waals surface area (Å²) in [5.41, 5.74) is 7.77. The van der Waals surface area contributed by atoms with Crippen molar-refractivity contribution in [3.05, 3.63) is 48.3 Å². The summed E-state index contributed by atoms with van der Waals surface area (Å²) in [5, 5.41) is 7.15. The molecule has 0 aliphatic carbocycles. The summed E-state index contributed by atoms with van der Waals surface area (Å²) in [7, 11) is 0. The lowest BCUT2D eigenvalue weighted by Crippen LogP contribution is -2.43. The molecular formula is C18H25N5O. The molecule has 0 radical (unpaired) electrons. The van der Waals surface area contributed by atoms with Gasteiger partial charge in [0.25, 0.3) is 0 Å². The molecule has 1 aliphatic rings. The number of amides is 1. The molecule has 1 fully saturated rings. The van der Waals surface area contributed by atoms with Gasteiger partial charge in [-0.25, -0.2) is 4.68 Å². The Morgan fingerprint density at radius 1 is 1.33 bits per heavy atom. The average Bonchev–Trinajstić information content (AvgIpc) is 3.15. The molecule has 3 rings (SSSR count). The number of carbonyl (C=O) groups is 1. The third-order valence-corrected chi connectivity index (χ3v) is 4.43. The van der Waals surface area contributed by atoms with E-state index in [4.69, 9.17) is 5.73 Å². The molecule has 6 nitrogen and oxygen atoms in total. The van der Waals surface area contributed by atoms with Crippen LogP contribution in [0, 0.1) is 5.92 Å². The van der Waals surface area contributed by atoms with Crippen molar-refractivity contribution in [3.8, 4) is 5.69 Å². The van der Waals surface area contributed by atoms with Crippen molar-refractivity contribution in [2.45, 2.75) is 19.4 Å². The summed E-state index contributed by atoms with van der Waals surface area (Å²) < 4.78 is 1.85. The van der Waals surface area contributed by atoms with Gasteiger partial charge < -0.3 is 11.1 Å². The quantitative estimate of drug-likeness (QED) is 0.835. The van der Waals surface area contributed by atoms with Gasteiger partial charge >= 0.3 is 0 Å². The van der Waals surface area contributed by atoms with Crippen molar-refractivity contribution < 1.29 is 4.79 Å². The van der Waals surface area contributed by atoms with Crippen LogP contribution < -0.4 is 11.1 Å². The topological polar surface area (TPSA) is 76.2 Å². The molecule has 6 heteroatoms. The van der Waals surface area contributed by atoms with Crippen LogP contribution in [0.1, 0.15) is 18.4 Å². The standard InChI is InChI=1S/C18H25N5O/c19-8-10-20-18(24)16-3-1-11-22(14-16)13-15-4-6-17(7-5-15)23-12-2-9-21-23/h2,4-7,9,12,16H,1,3,8,10-11,13-14,19H2,(H,20,24). The SMILES string of the molecule is NCCNC(=O)C1CCCN(Cc2ccc(-n3cccn3)cc2)C1. The van der Waals surface area contributed by atoms with Crippen molar-refractivity contribution in [2.75, 3.05) is 26.2 Å². The van der Waals surface area contributed by atoms with Gasteiger partial charge in [-0.15, -0.1) is 0 Å². The van der Waals surface area contributed by atoms with Gasteiger partial charge in [-0.3, -0.25) is 9.69 Å². The summed E-state index contributed by atoms with van der Waals surface area (Å²) in [6, 6.07) is 10.3. The molecule has 1 atom stereocenters. The number of nitrogens with two attached hydrogens (primary N) is 1. The van der Waals surface area contributed by atoms with Crippen molar-refractivity contribution in [1.82, 2.24) is 20.0 Å². The first-order valence-corrected chi connectivity index (χ1v) is 8.55. The van der Waals surface area contributed by atoms with Gasteiger partial charge in [0.2, 0.25) is 5.91 Å². The van der Waals surface area contributed by atoms with Gasteiger partial charge in [0.1, 0.15) is 0 Å². The molecule has 2 aromatic rings.